The van der Waals surface area contributed by atoms with Crippen molar-refractivity contribution in [2.24, 2.45) is 11.8 Å². The predicted molar refractivity (Wildman–Crippen MR) is 85.0 cm³/mol. The van der Waals surface area contributed by atoms with E-state index in [1.54, 1.807) is 4.88 Å². The van der Waals surface area contributed by atoms with Crippen LogP contribution in [0.5, 0.6) is 0 Å². The van der Waals surface area contributed by atoms with Crippen LogP contribution in [0.2, 0.25) is 0 Å². The monoisotopic (exact) mass is 293 g/mol. The molecule has 112 valence electrons. The molecule has 1 saturated carbocycles. The van der Waals surface area contributed by atoms with E-state index in [0.717, 1.165) is 0 Å². The van der Waals surface area contributed by atoms with Gasteiger partial charge in [-0.1, -0.05) is 13.8 Å². The predicted octanol–water partition coefficient (Wildman–Crippen LogP) is 4.38. The van der Waals surface area contributed by atoms with Crippen LogP contribution in [0, 0.1) is 18.8 Å². The van der Waals surface area contributed by atoms with Gasteiger partial charge in [0.15, 0.2) is 0 Å². The van der Waals surface area contributed by atoms with Gasteiger partial charge in [0.25, 0.3) is 0 Å². The highest BCUT2D eigenvalue weighted by atomic mass is 32.1. The van der Waals surface area contributed by atoms with Crippen molar-refractivity contribution < 1.29 is 4.84 Å². The topological polar surface area (TPSA) is 12.5 Å². The molecule has 3 heteroatoms. The molecule has 2 nitrogen and oxygen atoms in total. The van der Waals surface area contributed by atoms with E-state index in [9.17, 15) is 0 Å². The lowest BCUT2D eigenvalue weighted by Crippen LogP contribution is -2.48. The Bertz CT molecular complexity index is 509. The molecule has 1 aliphatic heterocycles. The van der Waals surface area contributed by atoms with Crippen LogP contribution < -0.4 is 0 Å². The zero-order valence-electron chi connectivity index (χ0n) is 13.6. The number of hydroxylamine groups is 2. The number of hydrogen-bond acceptors (Lipinski definition) is 3. The third-order valence-electron chi connectivity index (χ3n) is 5.47. The fraction of sp³-hybridized carbons (Fsp3) is 0.765. The minimum Gasteiger partial charge on any atom is -0.293 e. The number of hydrogen-bond donors (Lipinski definition) is 0. The first-order chi connectivity index (χ1) is 9.23. The number of rotatable bonds is 1. The van der Waals surface area contributed by atoms with Crippen molar-refractivity contribution in [1.29, 1.82) is 0 Å². The van der Waals surface area contributed by atoms with Gasteiger partial charge in [0.1, 0.15) is 0 Å². The molecular formula is C17H27NOS. The minimum atomic E-state index is -0.0400. The Morgan fingerprint density at radius 1 is 1.25 bits per heavy atom. The second-order valence-corrected chi connectivity index (χ2v) is 8.98. The SMILES string of the molecule is Cc1ccc(C2(C)CC(C)C3C(C2)C(C)(C)ON3C)s1. The molecule has 0 amide bonds. The molecule has 0 radical (unpaired) electrons. The molecule has 20 heavy (non-hydrogen) atoms. The summed E-state index contributed by atoms with van der Waals surface area (Å²) in [5.74, 6) is 1.29. The van der Waals surface area contributed by atoms with E-state index >= 15 is 0 Å². The van der Waals surface area contributed by atoms with Gasteiger partial charge in [-0.15, -0.1) is 11.3 Å². The van der Waals surface area contributed by atoms with Gasteiger partial charge in [-0.3, -0.25) is 4.84 Å². The maximum atomic E-state index is 6.14. The summed E-state index contributed by atoms with van der Waals surface area (Å²) < 4.78 is 0. The van der Waals surface area contributed by atoms with Crippen molar-refractivity contribution in [3.8, 4) is 0 Å². The molecule has 0 bridgehead atoms. The summed E-state index contributed by atoms with van der Waals surface area (Å²) in [6.45, 7) is 11.6. The molecular weight excluding hydrogens is 266 g/mol. The quantitative estimate of drug-likeness (QED) is 0.761. The molecule has 1 aromatic heterocycles. The van der Waals surface area contributed by atoms with Gasteiger partial charge in [-0.2, -0.15) is 5.06 Å². The summed E-state index contributed by atoms with van der Waals surface area (Å²) in [6, 6.07) is 5.18. The molecule has 3 rings (SSSR count). The van der Waals surface area contributed by atoms with Crippen LogP contribution in [-0.4, -0.2) is 23.8 Å². The average Bonchev–Trinajstić information content (AvgIpc) is 2.82. The molecule has 1 aromatic rings. The van der Waals surface area contributed by atoms with Crippen LogP contribution in [0.3, 0.4) is 0 Å². The summed E-state index contributed by atoms with van der Waals surface area (Å²) >= 11 is 1.98. The Labute approximate surface area is 127 Å². The lowest BCUT2D eigenvalue weighted by atomic mass is 9.61. The molecule has 2 fully saturated rings. The van der Waals surface area contributed by atoms with Crippen molar-refractivity contribution in [1.82, 2.24) is 5.06 Å². The minimum absolute atomic E-state index is 0.0400. The van der Waals surface area contributed by atoms with Gasteiger partial charge < -0.3 is 0 Å². The number of thiophene rings is 1. The summed E-state index contributed by atoms with van der Waals surface area (Å²) in [4.78, 5) is 9.12. The fourth-order valence-electron chi connectivity index (χ4n) is 4.65. The Balaban J connectivity index is 1.95. The van der Waals surface area contributed by atoms with Crippen LogP contribution in [0.4, 0.5) is 0 Å². The van der Waals surface area contributed by atoms with Crippen LogP contribution in [0.1, 0.15) is 50.3 Å². The van der Waals surface area contributed by atoms with Crippen LogP contribution in [0.25, 0.3) is 0 Å². The van der Waals surface area contributed by atoms with Gasteiger partial charge in [0, 0.05) is 34.2 Å². The molecule has 0 aromatic carbocycles. The highest BCUT2D eigenvalue weighted by Crippen LogP contribution is 2.53. The van der Waals surface area contributed by atoms with E-state index in [4.69, 9.17) is 4.84 Å². The van der Waals surface area contributed by atoms with Gasteiger partial charge in [-0.25, -0.2) is 0 Å². The lowest BCUT2D eigenvalue weighted by molar-refractivity contribution is -0.182. The molecule has 1 aliphatic carbocycles. The third-order valence-corrected chi connectivity index (χ3v) is 6.77. The molecule has 2 heterocycles. The zero-order valence-corrected chi connectivity index (χ0v) is 14.4. The Kier molecular flexibility index (Phi) is 3.32. The first kappa shape index (κ1) is 14.6. The lowest BCUT2D eigenvalue weighted by Gasteiger charge is -2.45. The van der Waals surface area contributed by atoms with Crippen LogP contribution >= 0.6 is 11.3 Å². The maximum absolute atomic E-state index is 6.14. The molecule has 4 atom stereocenters. The normalized spacial score (nSPS) is 40.8. The second-order valence-electron chi connectivity index (χ2n) is 7.69. The smallest absolute Gasteiger partial charge is 0.0888 e. The number of fused-ring (bicyclic) bond motifs is 1. The molecule has 1 saturated heterocycles. The van der Waals surface area contributed by atoms with E-state index < -0.39 is 0 Å². The Hall–Kier alpha value is -0.380. The Morgan fingerprint density at radius 3 is 2.55 bits per heavy atom. The fourth-order valence-corrected chi connectivity index (χ4v) is 5.68. The molecule has 0 N–H and O–H groups in total. The zero-order chi connectivity index (χ0) is 14.7. The summed E-state index contributed by atoms with van der Waals surface area (Å²) in [5, 5.41) is 2.13. The molecule has 2 aliphatic rings. The number of nitrogens with zero attached hydrogens (tertiary/aromatic N) is 1. The summed E-state index contributed by atoms with van der Waals surface area (Å²) in [7, 11) is 2.11. The third kappa shape index (κ3) is 2.15. The van der Waals surface area contributed by atoms with Gasteiger partial charge in [-0.05, 0) is 51.7 Å². The highest BCUT2D eigenvalue weighted by molar-refractivity contribution is 7.12. The standard InChI is InChI=1S/C17H27NOS/c1-11-9-17(5,14-8-7-12(2)20-14)10-13-15(11)18(6)19-16(13,3)4/h7-8,11,13,15H,9-10H2,1-6H3. The highest BCUT2D eigenvalue weighted by Gasteiger charge is 2.55. The van der Waals surface area contributed by atoms with E-state index in [1.807, 2.05) is 11.3 Å². The van der Waals surface area contributed by atoms with Crippen molar-refractivity contribution >= 4 is 11.3 Å². The summed E-state index contributed by atoms with van der Waals surface area (Å²) in [5.41, 5.74) is 0.271. The van der Waals surface area contributed by atoms with Crippen LogP contribution in [0.15, 0.2) is 12.1 Å². The van der Waals surface area contributed by atoms with Gasteiger partial charge in [0.05, 0.1) is 5.60 Å². The van der Waals surface area contributed by atoms with Crippen molar-refractivity contribution in [3.63, 3.8) is 0 Å². The van der Waals surface area contributed by atoms with Crippen molar-refractivity contribution in [2.45, 2.75) is 64.5 Å². The number of aryl methyl sites for hydroxylation is 1. The summed E-state index contributed by atoms with van der Waals surface area (Å²) in [6.07, 6.45) is 2.50. The first-order valence-corrected chi connectivity index (χ1v) is 8.53. The van der Waals surface area contributed by atoms with E-state index in [0.29, 0.717) is 23.3 Å². The molecule has 4 unspecified atom stereocenters. The van der Waals surface area contributed by atoms with Gasteiger partial charge >= 0.3 is 0 Å². The van der Waals surface area contributed by atoms with E-state index in [-0.39, 0.29) is 5.60 Å². The van der Waals surface area contributed by atoms with Crippen LogP contribution in [-0.2, 0) is 10.3 Å². The molecule has 0 spiro atoms. The Morgan fingerprint density at radius 2 is 1.95 bits per heavy atom. The average molecular weight is 293 g/mol. The first-order valence-electron chi connectivity index (χ1n) is 7.72. The van der Waals surface area contributed by atoms with E-state index in [2.05, 4.69) is 58.9 Å². The van der Waals surface area contributed by atoms with Crippen molar-refractivity contribution in [3.05, 3.63) is 21.9 Å². The van der Waals surface area contributed by atoms with Crippen molar-refractivity contribution in [2.75, 3.05) is 7.05 Å². The second kappa shape index (κ2) is 4.56. The van der Waals surface area contributed by atoms with E-state index in [1.165, 1.54) is 17.7 Å². The largest absolute Gasteiger partial charge is 0.293 e. The van der Waals surface area contributed by atoms with Gasteiger partial charge in [0.2, 0.25) is 0 Å². The maximum Gasteiger partial charge on any atom is 0.0888 e.